The van der Waals surface area contributed by atoms with E-state index in [4.69, 9.17) is 4.74 Å². The molecule has 0 saturated carbocycles. The quantitative estimate of drug-likeness (QED) is 0.658. The van der Waals surface area contributed by atoms with Crippen LogP contribution in [0.2, 0.25) is 0 Å². The highest BCUT2D eigenvalue weighted by Gasteiger charge is 2.29. The van der Waals surface area contributed by atoms with Crippen molar-refractivity contribution >= 4 is 15.7 Å². The Labute approximate surface area is 139 Å². The van der Waals surface area contributed by atoms with E-state index in [0.717, 1.165) is 39.3 Å². The first kappa shape index (κ1) is 18.6. The number of hydrogen-bond donors (Lipinski definition) is 1. The summed E-state index contributed by atoms with van der Waals surface area (Å²) < 4.78 is 28.4. The van der Waals surface area contributed by atoms with Crippen LogP contribution in [-0.2, 0) is 19.4 Å². The molecule has 2 aliphatic heterocycles. The summed E-state index contributed by atoms with van der Waals surface area (Å²) in [7, 11) is -2.95. The molecule has 2 atom stereocenters. The zero-order valence-electron chi connectivity index (χ0n) is 14.2. The SMILES string of the molecule is CCN(CCN1CCO[C@@H](C)C1)CC(=O)N[C@@H]1CCS(=O)(=O)C1. The van der Waals surface area contributed by atoms with Gasteiger partial charge in [-0.3, -0.25) is 14.6 Å². The number of nitrogens with one attached hydrogen (secondary N) is 1. The second-order valence-corrected chi connectivity index (χ2v) is 8.75. The first-order chi connectivity index (χ1) is 10.9. The Balaban J connectivity index is 1.70. The molecule has 0 unspecified atom stereocenters. The van der Waals surface area contributed by atoms with E-state index in [1.165, 1.54) is 0 Å². The van der Waals surface area contributed by atoms with Crippen LogP contribution in [-0.4, -0.2) is 93.7 Å². The standard InChI is InChI=1S/C15H29N3O4S/c1-3-17(5-6-18-7-8-22-13(2)10-18)11-15(19)16-14-4-9-23(20,21)12-14/h13-14H,3-12H2,1-2H3,(H,16,19)/t13-,14+/m0/s1. The van der Waals surface area contributed by atoms with E-state index in [0.29, 0.717) is 13.0 Å². The minimum absolute atomic E-state index is 0.0794. The van der Waals surface area contributed by atoms with Crippen molar-refractivity contribution in [2.24, 2.45) is 0 Å². The molecular formula is C15H29N3O4S. The Bertz CT molecular complexity index is 497. The molecule has 8 heteroatoms. The average Bonchev–Trinajstić information content (AvgIpc) is 2.82. The Morgan fingerprint density at radius 2 is 2.22 bits per heavy atom. The Kier molecular flexibility index (Phi) is 6.82. The average molecular weight is 347 g/mol. The lowest BCUT2D eigenvalue weighted by Gasteiger charge is -2.32. The number of sulfone groups is 1. The third kappa shape index (κ3) is 6.37. The van der Waals surface area contributed by atoms with E-state index in [1.807, 2.05) is 6.92 Å². The maximum Gasteiger partial charge on any atom is 0.234 e. The van der Waals surface area contributed by atoms with E-state index in [-0.39, 0.29) is 29.6 Å². The van der Waals surface area contributed by atoms with E-state index in [1.54, 1.807) is 0 Å². The molecule has 2 heterocycles. The van der Waals surface area contributed by atoms with Gasteiger partial charge in [-0.15, -0.1) is 0 Å². The van der Waals surface area contributed by atoms with Crippen molar-refractivity contribution in [2.45, 2.75) is 32.4 Å². The molecular weight excluding hydrogens is 318 g/mol. The minimum Gasteiger partial charge on any atom is -0.376 e. The van der Waals surface area contributed by atoms with Crippen LogP contribution in [0.3, 0.4) is 0 Å². The number of ether oxygens (including phenoxy) is 1. The van der Waals surface area contributed by atoms with Gasteiger partial charge in [0.15, 0.2) is 9.84 Å². The summed E-state index contributed by atoms with van der Waals surface area (Å²) in [6.45, 7) is 9.64. The molecule has 0 bridgehead atoms. The van der Waals surface area contributed by atoms with Crippen molar-refractivity contribution < 1.29 is 17.9 Å². The predicted molar refractivity (Wildman–Crippen MR) is 89.2 cm³/mol. The largest absolute Gasteiger partial charge is 0.376 e. The molecule has 134 valence electrons. The van der Waals surface area contributed by atoms with Crippen LogP contribution in [0.5, 0.6) is 0 Å². The maximum atomic E-state index is 12.1. The molecule has 2 aliphatic rings. The van der Waals surface area contributed by atoms with Crippen LogP contribution in [0.4, 0.5) is 0 Å². The van der Waals surface area contributed by atoms with Gasteiger partial charge in [-0.25, -0.2) is 8.42 Å². The lowest BCUT2D eigenvalue weighted by Crippen LogP contribution is -2.47. The molecule has 23 heavy (non-hydrogen) atoms. The van der Waals surface area contributed by atoms with Gasteiger partial charge in [-0.1, -0.05) is 6.92 Å². The van der Waals surface area contributed by atoms with Crippen LogP contribution < -0.4 is 5.32 Å². The van der Waals surface area contributed by atoms with Gasteiger partial charge in [0.05, 0.1) is 30.8 Å². The fraction of sp³-hybridized carbons (Fsp3) is 0.933. The fourth-order valence-electron chi connectivity index (χ4n) is 3.11. The summed E-state index contributed by atoms with van der Waals surface area (Å²) in [4.78, 5) is 16.6. The van der Waals surface area contributed by atoms with Gasteiger partial charge in [-0.2, -0.15) is 0 Å². The summed E-state index contributed by atoms with van der Waals surface area (Å²) in [6, 6.07) is -0.216. The van der Waals surface area contributed by atoms with Crippen LogP contribution in [0.1, 0.15) is 20.3 Å². The van der Waals surface area contributed by atoms with Crippen LogP contribution >= 0.6 is 0 Å². The Hall–Kier alpha value is -0.700. The summed E-state index contributed by atoms with van der Waals surface area (Å²) in [5.74, 6) is 0.186. The second-order valence-electron chi connectivity index (χ2n) is 6.52. The number of rotatable bonds is 7. The zero-order valence-corrected chi connectivity index (χ0v) is 15.0. The highest BCUT2D eigenvalue weighted by atomic mass is 32.2. The van der Waals surface area contributed by atoms with Crippen LogP contribution in [0, 0.1) is 0 Å². The van der Waals surface area contributed by atoms with Gasteiger partial charge < -0.3 is 10.1 Å². The fourth-order valence-corrected chi connectivity index (χ4v) is 4.78. The smallest absolute Gasteiger partial charge is 0.234 e. The molecule has 2 saturated heterocycles. The number of carbonyl (C=O) groups excluding carboxylic acids is 1. The Morgan fingerprint density at radius 1 is 1.43 bits per heavy atom. The topological polar surface area (TPSA) is 79.0 Å². The molecule has 0 aliphatic carbocycles. The molecule has 2 rings (SSSR count). The first-order valence-corrected chi connectivity index (χ1v) is 10.3. The predicted octanol–water partition coefficient (Wildman–Crippen LogP) is -0.668. The van der Waals surface area contributed by atoms with Crippen LogP contribution in [0.25, 0.3) is 0 Å². The number of nitrogens with zero attached hydrogens (tertiary/aromatic N) is 2. The lowest BCUT2D eigenvalue weighted by molar-refractivity contribution is -0.122. The number of carbonyl (C=O) groups is 1. The van der Waals surface area contributed by atoms with Gasteiger partial charge in [-0.05, 0) is 19.9 Å². The van der Waals surface area contributed by atoms with Crippen molar-refractivity contribution in [1.82, 2.24) is 15.1 Å². The lowest BCUT2D eigenvalue weighted by atomic mass is 10.2. The van der Waals surface area contributed by atoms with E-state index >= 15 is 0 Å². The zero-order chi connectivity index (χ0) is 16.9. The third-order valence-electron chi connectivity index (χ3n) is 4.47. The number of morpholine rings is 1. The molecule has 0 aromatic rings. The minimum atomic E-state index is -2.95. The van der Waals surface area contributed by atoms with Gasteiger partial charge in [0.1, 0.15) is 0 Å². The van der Waals surface area contributed by atoms with E-state index in [2.05, 4.69) is 22.0 Å². The number of amides is 1. The van der Waals surface area contributed by atoms with Gasteiger partial charge in [0.25, 0.3) is 0 Å². The van der Waals surface area contributed by atoms with Gasteiger partial charge in [0.2, 0.25) is 5.91 Å². The molecule has 0 aromatic carbocycles. The number of hydrogen-bond acceptors (Lipinski definition) is 6. The molecule has 0 spiro atoms. The summed E-state index contributed by atoms with van der Waals surface area (Å²) >= 11 is 0. The van der Waals surface area contributed by atoms with Crippen molar-refractivity contribution in [3.8, 4) is 0 Å². The van der Waals surface area contributed by atoms with Crippen molar-refractivity contribution in [1.29, 1.82) is 0 Å². The van der Waals surface area contributed by atoms with Crippen molar-refractivity contribution in [3.05, 3.63) is 0 Å². The summed E-state index contributed by atoms with van der Waals surface area (Å²) in [6.07, 6.45) is 0.803. The molecule has 7 nitrogen and oxygen atoms in total. The second kappa shape index (κ2) is 8.41. The normalized spacial score (nSPS) is 28.1. The molecule has 1 N–H and O–H groups in total. The highest BCUT2D eigenvalue weighted by molar-refractivity contribution is 7.91. The first-order valence-electron chi connectivity index (χ1n) is 8.44. The molecule has 2 fully saturated rings. The van der Waals surface area contributed by atoms with Gasteiger partial charge >= 0.3 is 0 Å². The molecule has 0 radical (unpaired) electrons. The summed E-state index contributed by atoms with van der Waals surface area (Å²) in [5.41, 5.74) is 0. The van der Waals surface area contributed by atoms with E-state index < -0.39 is 9.84 Å². The van der Waals surface area contributed by atoms with Crippen molar-refractivity contribution in [2.75, 3.05) is 57.4 Å². The molecule has 0 aromatic heterocycles. The van der Waals surface area contributed by atoms with Crippen molar-refractivity contribution in [3.63, 3.8) is 0 Å². The van der Waals surface area contributed by atoms with Crippen LogP contribution in [0.15, 0.2) is 0 Å². The molecule has 1 amide bonds. The van der Waals surface area contributed by atoms with E-state index in [9.17, 15) is 13.2 Å². The monoisotopic (exact) mass is 347 g/mol. The summed E-state index contributed by atoms with van der Waals surface area (Å²) in [5, 5.41) is 2.85. The Morgan fingerprint density at radius 3 is 2.83 bits per heavy atom. The highest BCUT2D eigenvalue weighted by Crippen LogP contribution is 2.11. The van der Waals surface area contributed by atoms with Gasteiger partial charge in [0, 0.05) is 32.2 Å². The third-order valence-corrected chi connectivity index (χ3v) is 6.24. The number of likely N-dealkylation sites (N-methyl/N-ethyl adjacent to an activating group) is 1. The maximum absolute atomic E-state index is 12.1.